The molecule has 0 saturated heterocycles. The molecule has 8 heteroatoms. The van der Waals surface area contributed by atoms with Crippen LogP contribution in [0.15, 0.2) is 36.4 Å². The van der Waals surface area contributed by atoms with Crippen LogP contribution >= 0.6 is 0 Å². The average Bonchev–Trinajstić information content (AvgIpc) is 2.53. The molecule has 144 valence electrons. The lowest BCUT2D eigenvalue weighted by Crippen LogP contribution is -2.11. The molecular formula is C19H14F6O2. The van der Waals surface area contributed by atoms with Gasteiger partial charge in [0.25, 0.3) is 0 Å². The lowest BCUT2D eigenvalue weighted by Gasteiger charge is -2.08. The summed E-state index contributed by atoms with van der Waals surface area (Å²) < 4.78 is 82.8. The van der Waals surface area contributed by atoms with Gasteiger partial charge in [0, 0.05) is 23.8 Å². The summed E-state index contributed by atoms with van der Waals surface area (Å²) in [6.45, 7) is 1.90. The van der Waals surface area contributed by atoms with E-state index in [1.165, 1.54) is 12.1 Å². The molecule has 2 aromatic rings. The van der Waals surface area contributed by atoms with Crippen LogP contribution < -0.4 is 4.74 Å². The molecule has 0 saturated carbocycles. The molecule has 0 N–H and O–H groups in total. The van der Waals surface area contributed by atoms with E-state index in [1.54, 1.807) is 0 Å². The molecule has 0 spiro atoms. The van der Waals surface area contributed by atoms with Crippen LogP contribution in [-0.4, -0.2) is 12.1 Å². The summed E-state index contributed by atoms with van der Waals surface area (Å²) in [5.74, 6) is -5.37. The largest absolute Gasteiger partial charge is 0.423 e. The predicted molar refractivity (Wildman–Crippen MR) is 86.8 cm³/mol. The minimum absolute atomic E-state index is 0.225. The zero-order valence-electron chi connectivity index (χ0n) is 14.0. The molecule has 0 bridgehead atoms. The first kappa shape index (κ1) is 20.5. The van der Waals surface area contributed by atoms with Crippen molar-refractivity contribution in [1.82, 2.24) is 0 Å². The molecule has 0 fully saturated rings. The van der Waals surface area contributed by atoms with Gasteiger partial charge in [-0.05, 0) is 30.2 Å². The number of carbonyl (C=O) groups excluding carboxylic acids is 1. The van der Waals surface area contributed by atoms with Crippen LogP contribution in [0.25, 0.3) is 6.08 Å². The summed E-state index contributed by atoms with van der Waals surface area (Å²) in [6.07, 6.45) is -3.46. The van der Waals surface area contributed by atoms with Gasteiger partial charge in [0.2, 0.25) is 0 Å². The zero-order valence-corrected chi connectivity index (χ0v) is 14.0. The first-order chi connectivity index (χ1) is 12.6. The molecule has 2 rings (SSSR count). The van der Waals surface area contributed by atoms with Gasteiger partial charge in [-0.3, -0.25) is 0 Å². The Morgan fingerprint density at radius 1 is 1.04 bits per heavy atom. The van der Waals surface area contributed by atoms with Crippen LogP contribution in [0.3, 0.4) is 0 Å². The van der Waals surface area contributed by atoms with Crippen molar-refractivity contribution in [3.63, 3.8) is 0 Å². The SMILES string of the molecule is CCCc1ccc(C(=O)Oc2cc(F)c(C=CC(F)(F)F)c(F)c2)c(F)c1. The first-order valence-electron chi connectivity index (χ1n) is 7.86. The van der Waals surface area contributed by atoms with Crippen molar-refractivity contribution in [3.05, 3.63) is 70.5 Å². The summed E-state index contributed by atoms with van der Waals surface area (Å²) in [4.78, 5) is 12.0. The second-order valence-corrected chi connectivity index (χ2v) is 5.63. The summed E-state index contributed by atoms with van der Waals surface area (Å²) in [6, 6.07) is 4.96. The van der Waals surface area contributed by atoms with Crippen LogP contribution in [0.4, 0.5) is 26.3 Å². The third-order valence-electron chi connectivity index (χ3n) is 3.49. The Morgan fingerprint density at radius 3 is 2.19 bits per heavy atom. The molecule has 27 heavy (non-hydrogen) atoms. The maximum absolute atomic E-state index is 14.0. The van der Waals surface area contributed by atoms with E-state index in [2.05, 4.69) is 0 Å². The maximum Gasteiger partial charge on any atom is 0.409 e. The normalized spacial score (nSPS) is 11.8. The lowest BCUT2D eigenvalue weighted by molar-refractivity contribution is -0.0790. The fraction of sp³-hybridized carbons (Fsp3) is 0.211. The molecule has 0 heterocycles. The van der Waals surface area contributed by atoms with Crippen LogP contribution in [0.2, 0.25) is 0 Å². The van der Waals surface area contributed by atoms with Gasteiger partial charge in [0.15, 0.2) is 0 Å². The van der Waals surface area contributed by atoms with Gasteiger partial charge in [-0.25, -0.2) is 18.0 Å². The second-order valence-electron chi connectivity index (χ2n) is 5.63. The van der Waals surface area contributed by atoms with Crippen molar-refractivity contribution >= 4 is 12.0 Å². The lowest BCUT2D eigenvalue weighted by atomic mass is 10.1. The molecule has 0 unspecified atom stereocenters. The van der Waals surface area contributed by atoms with E-state index < -0.39 is 46.5 Å². The molecule has 2 nitrogen and oxygen atoms in total. The fourth-order valence-electron chi connectivity index (χ4n) is 2.29. The Balaban J connectivity index is 2.23. The Kier molecular flexibility index (Phi) is 6.30. The number of hydrogen-bond acceptors (Lipinski definition) is 2. The van der Waals surface area contributed by atoms with Crippen molar-refractivity contribution in [2.24, 2.45) is 0 Å². The number of ether oxygens (including phenoxy) is 1. The Bertz CT molecular complexity index is 848. The summed E-state index contributed by atoms with van der Waals surface area (Å²) in [5.41, 5.74) is -0.705. The number of halogens is 6. The molecule has 0 radical (unpaired) electrons. The minimum Gasteiger partial charge on any atom is -0.423 e. The van der Waals surface area contributed by atoms with E-state index in [0.717, 1.165) is 12.5 Å². The third kappa shape index (κ3) is 5.60. The van der Waals surface area contributed by atoms with Crippen molar-refractivity contribution in [3.8, 4) is 5.75 Å². The fourth-order valence-corrected chi connectivity index (χ4v) is 2.29. The number of aryl methyl sites for hydroxylation is 1. The third-order valence-corrected chi connectivity index (χ3v) is 3.49. The van der Waals surface area contributed by atoms with Gasteiger partial charge in [-0.2, -0.15) is 13.2 Å². The summed E-state index contributed by atoms with van der Waals surface area (Å²) in [5, 5.41) is 0. The molecule has 0 aromatic heterocycles. The number of hydrogen-bond donors (Lipinski definition) is 0. The second kappa shape index (κ2) is 8.28. The molecule has 2 aromatic carbocycles. The molecule has 0 aliphatic carbocycles. The average molecular weight is 388 g/mol. The topological polar surface area (TPSA) is 26.3 Å². The molecule has 0 amide bonds. The highest BCUT2D eigenvalue weighted by atomic mass is 19.4. The van der Waals surface area contributed by atoms with Crippen LogP contribution in [0.5, 0.6) is 5.75 Å². The number of esters is 1. The minimum atomic E-state index is -4.74. The molecular weight excluding hydrogens is 374 g/mol. The Hall–Kier alpha value is -2.77. The maximum atomic E-state index is 14.0. The van der Waals surface area contributed by atoms with Gasteiger partial charge in [-0.1, -0.05) is 19.4 Å². The van der Waals surface area contributed by atoms with Crippen molar-refractivity contribution in [2.75, 3.05) is 0 Å². The van der Waals surface area contributed by atoms with E-state index in [9.17, 15) is 31.1 Å². The van der Waals surface area contributed by atoms with E-state index in [1.807, 2.05) is 6.92 Å². The Labute approximate surface area is 151 Å². The van der Waals surface area contributed by atoms with Crippen LogP contribution in [-0.2, 0) is 6.42 Å². The highest BCUT2D eigenvalue weighted by Gasteiger charge is 2.23. The standard InChI is InChI=1S/C19H14F6O2/c1-2-3-11-4-5-14(15(20)8-11)18(26)27-12-9-16(21)13(17(22)10-12)6-7-19(23,24)25/h4-10H,2-3H2,1H3. The number of carbonyl (C=O) groups is 1. The predicted octanol–water partition coefficient (Wildman–Crippen LogP) is 5.85. The Morgan fingerprint density at radius 2 is 1.67 bits per heavy atom. The van der Waals surface area contributed by atoms with Crippen molar-refractivity contribution < 1.29 is 35.9 Å². The zero-order chi connectivity index (χ0) is 20.2. The van der Waals surface area contributed by atoms with Crippen LogP contribution in [0.1, 0.15) is 34.8 Å². The van der Waals surface area contributed by atoms with Crippen LogP contribution in [0, 0.1) is 17.5 Å². The van der Waals surface area contributed by atoms with E-state index >= 15 is 0 Å². The van der Waals surface area contributed by atoms with E-state index in [4.69, 9.17) is 4.74 Å². The van der Waals surface area contributed by atoms with Gasteiger partial charge in [0.1, 0.15) is 23.2 Å². The van der Waals surface area contributed by atoms with E-state index in [0.29, 0.717) is 24.1 Å². The number of alkyl halides is 3. The van der Waals surface area contributed by atoms with Crippen molar-refractivity contribution in [1.29, 1.82) is 0 Å². The molecule has 0 aliphatic rings. The van der Waals surface area contributed by atoms with Gasteiger partial charge in [-0.15, -0.1) is 0 Å². The quantitative estimate of drug-likeness (QED) is 0.365. The van der Waals surface area contributed by atoms with Gasteiger partial charge >= 0.3 is 12.1 Å². The van der Waals surface area contributed by atoms with Gasteiger partial charge in [0.05, 0.1) is 5.56 Å². The summed E-state index contributed by atoms with van der Waals surface area (Å²) in [7, 11) is 0. The number of allylic oxidation sites excluding steroid dienone is 1. The molecule has 0 aliphatic heterocycles. The first-order valence-corrected chi connectivity index (χ1v) is 7.86. The smallest absolute Gasteiger partial charge is 0.409 e. The number of rotatable bonds is 5. The monoisotopic (exact) mass is 388 g/mol. The summed E-state index contributed by atoms with van der Waals surface area (Å²) >= 11 is 0. The van der Waals surface area contributed by atoms with Crippen molar-refractivity contribution in [2.45, 2.75) is 25.9 Å². The number of benzene rings is 2. The van der Waals surface area contributed by atoms with Gasteiger partial charge < -0.3 is 4.74 Å². The highest BCUT2D eigenvalue weighted by Crippen LogP contribution is 2.25. The molecule has 0 atom stereocenters. The van der Waals surface area contributed by atoms with E-state index in [-0.39, 0.29) is 12.2 Å². The highest BCUT2D eigenvalue weighted by molar-refractivity contribution is 5.91.